The summed E-state index contributed by atoms with van der Waals surface area (Å²) in [6.07, 6.45) is 3.55. The Morgan fingerprint density at radius 3 is 2.60 bits per heavy atom. The molecule has 0 spiro atoms. The number of hydrogen-bond donors (Lipinski definition) is 2. The number of rotatable bonds is 6. The quantitative estimate of drug-likeness (QED) is 0.275. The maximum atomic E-state index is 12.8. The van der Waals surface area contributed by atoms with Gasteiger partial charge in [-0.2, -0.15) is 9.78 Å². The van der Waals surface area contributed by atoms with Crippen LogP contribution in [0.4, 0.5) is 5.82 Å². The summed E-state index contributed by atoms with van der Waals surface area (Å²) in [7, 11) is 0. The Bertz CT molecular complexity index is 1180. The molecular formula is C19H16N8O2S. The second-order valence-corrected chi connectivity index (χ2v) is 6.89. The lowest BCUT2D eigenvalue weighted by Gasteiger charge is -2.05. The molecule has 2 aromatic carbocycles. The van der Waals surface area contributed by atoms with Crippen molar-refractivity contribution in [1.29, 1.82) is 0 Å². The van der Waals surface area contributed by atoms with Crippen LogP contribution in [0, 0.1) is 0 Å². The Morgan fingerprint density at radius 1 is 1.17 bits per heavy atom. The highest BCUT2D eigenvalue weighted by atomic mass is 32.2. The van der Waals surface area contributed by atoms with Gasteiger partial charge in [-0.15, -0.1) is 16.9 Å². The van der Waals surface area contributed by atoms with E-state index in [-0.39, 0.29) is 17.3 Å². The monoisotopic (exact) mass is 420 g/mol. The summed E-state index contributed by atoms with van der Waals surface area (Å²) in [5.41, 5.74) is 10.2. The van der Waals surface area contributed by atoms with Gasteiger partial charge in [0.25, 0.3) is 5.91 Å². The highest BCUT2D eigenvalue weighted by molar-refractivity contribution is 7.98. The van der Waals surface area contributed by atoms with Gasteiger partial charge in [0, 0.05) is 10.5 Å². The number of hydrazone groups is 1. The molecular weight excluding hydrogens is 404 g/mol. The minimum absolute atomic E-state index is 0.0238. The first kappa shape index (κ1) is 19.3. The Morgan fingerprint density at radius 2 is 1.93 bits per heavy atom. The molecule has 10 nitrogen and oxygen atoms in total. The zero-order valence-corrected chi connectivity index (χ0v) is 16.6. The lowest BCUT2D eigenvalue weighted by Crippen LogP contribution is -2.19. The molecule has 150 valence electrons. The van der Waals surface area contributed by atoms with E-state index in [1.165, 1.54) is 4.68 Å². The zero-order chi connectivity index (χ0) is 20.9. The number of benzene rings is 2. The second-order valence-electron chi connectivity index (χ2n) is 6.01. The minimum Gasteiger partial charge on any atom is -0.378 e. The van der Waals surface area contributed by atoms with Crippen LogP contribution in [-0.2, 0) is 0 Å². The van der Waals surface area contributed by atoms with E-state index in [0.29, 0.717) is 11.3 Å². The van der Waals surface area contributed by atoms with Crippen LogP contribution in [0.2, 0.25) is 0 Å². The Kier molecular flexibility index (Phi) is 5.52. The van der Waals surface area contributed by atoms with Crippen molar-refractivity contribution < 1.29 is 9.42 Å². The molecule has 4 aromatic rings. The normalized spacial score (nSPS) is 11.1. The number of nitrogens with zero attached hydrogens (tertiary/aromatic N) is 6. The average molecular weight is 420 g/mol. The Hall–Kier alpha value is -3.99. The lowest BCUT2D eigenvalue weighted by atomic mass is 10.1. The third kappa shape index (κ3) is 3.91. The molecule has 4 rings (SSSR count). The number of thioether (sulfide) groups is 1. The van der Waals surface area contributed by atoms with Crippen molar-refractivity contribution in [2.75, 3.05) is 12.0 Å². The molecule has 0 aliphatic rings. The molecule has 30 heavy (non-hydrogen) atoms. The second kappa shape index (κ2) is 8.57. The van der Waals surface area contributed by atoms with E-state index in [0.717, 1.165) is 10.5 Å². The van der Waals surface area contributed by atoms with Crippen LogP contribution < -0.4 is 11.2 Å². The van der Waals surface area contributed by atoms with Crippen molar-refractivity contribution in [3.05, 3.63) is 65.9 Å². The number of nitrogens with two attached hydrogens (primary N) is 1. The summed E-state index contributed by atoms with van der Waals surface area (Å²) >= 11 is 1.65. The van der Waals surface area contributed by atoms with Crippen LogP contribution >= 0.6 is 11.8 Å². The number of carbonyl (C=O) groups is 1. The summed E-state index contributed by atoms with van der Waals surface area (Å²) in [6, 6.07) is 16.9. The summed E-state index contributed by atoms with van der Waals surface area (Å²) < 4.78 is 5.96. The third-order valence-electron chi connectivity index (χ3n) is 4.12. The van der Waals surface area contributed by atoms with Crippen molar-refractivity contribution >= 4 is 29.7 Å². The average Bonchev–Trinajstić information content (AvgIpc) is 3.40. The topological polar surface area (TPSA) is 137 Å². The van der Waals surface area contributed by atoms with Gasteiger partial charge in [0.05, 0.1) is 6.21 Å². The van der Waals surface area contributed by atoms with E-state index in [9.17, 15) is 4.79 Å². The van der Waals surface area contributed by atoms with Gasteiger partial charge in [-0.25, -0.2) is 10.1 Å². The SMILES string of the molecule is CSc1ccc(C=NNC(=O)c2nnn(-c3nonc3N)c2-c2ccccc2)cc1. The Balaban J connectivity index is 1.63. The van der Waals surface area contributed by atoms with Gasteiger partial charge < -0.3 is 5.73 Å². The molecule has 2 aromatic heterocycles. The largest absolute Gasteiger partial charge is 0.378 e. The van der Waals surface area contributed by atoms with Crippen LogP contribution in [0.3, 0.4) is 0 Å². The number of hydrogen-bond acceptors (Lipinski definition) is 9. The number of nitrogens with one attached hydrogen (secondary N) is 1. The van der Waals surface area contributed by atoms with Gasteiger partial charge in [-0.1, -0.05) is 47.7 Å². The molecule has 1 amide bonds. The Labute approximate surface area is 175 Å². The van der Waals surface area contributed by atoms with E-state index >= 15 is 0 Å². The molecule has 0 bridgehead atoms. The summed E-state index contributed by atoms with van der Waals surface area (Å²) in [6.45, 7) is 0. The van der Waals surface area contributed by atoms with Crippen molar-refractivity contribution in [3.8, 4) is 17.1 Å². The van der Waals surface area contributed by atoms with Crippen molar-refractivity contribution in [1.82, 2.24) is 30.7 Å². The predicted molar refractivity (Wildman–Crippen MR) is 112 cm³/mol. The first-order chi connectivity index (χ1) is 14.7. The summed E-state index contributed by atoms with van der Waals surface area (Å²) in [4.78, 5) is 13.9. The van der Waals surface area contributed by atoms with E-state index in [1.807, 2.05) is 60.9 Å². The highest BCUT2D eigenvalue weighted by Gasteiger charge is 2.24. The smallest absolute Gasteiger partial charge is 0.294 e. The molecule has 0 atom stereocenters. The molecule has 0 saturated carbocycles. The predicted octanol–water partition coefficient (Wildman–Crippen LogP) is 2.39. The van der Waals surface area contributed by atoms with Gasteiger partial charge in [0.15, 0.2) is 5.69 Å². The fourth-order valence-corrected chi connectivity index (χ4v) is 3.09. The zero-order valence-electron chi connectivity index (χ0n) is 15.8. The van der Waals surface area contributed by atoms with E-state index in [4.69, 9.17) is 5.73 Å². The van der Waals surface area contributed by atoms with Crippen molar-refractivity contribution in [3.63, 3.8) is 0 Å². The van der Waals surface area contributed by atoms with Crippen LogP contribution in [0.1, 0.15) is 16.1 Å². The standard InChI is InChI=1S/C19H16N8O2S/c1-30-14-9-7-12(8-10-14)11-21-23-19(28)15-16(13-5-3-2-4-6-13)27(26-22-15)18-17(20)24-29-25-18/h2-11H,1H3,(H2,20,24)(H,23,28). The van der Waals surface area contributed by atoms with E-state index in [2.05, 4.69) is 35.8 Å². The van der Waals surface area contributed by atoms with Crippen LogP contribution in [0.15, 0.2) is 69.2 Å². The van der Waals surface area contributed by atoms with Crippen LogP contribution in [-0.4, -0.2) is 43.7 Å². The number of amides is 1. The van der Waals surface area contributed by atoms with Gasteiger partial charge >= 0.3 is 0 Å². The summed E-state index contributed by atoms with van der Waals surface area (Å²) in [5, 5.41) is 19.3. The summed E-state index contributed by atoms with van der Waals surface area (Å²) in [5.74, 6) is -0.374. The first-order valence-electron chi connectivity index (χ1n) is 8.74. The molecule has 11 heteroatoms. The van der Waals surface area contributed by atoms with E-state index < -0.39 is 5.91 Å². The fourth-order valence-electron chi connectivity index (χ4n) is 2.68. The van der Waals surface area contributed by atoms with Crippen LogP contribution in [0.5, 0.6) is 0 Å². The van der Waals surface area contributed by atoms with Crippen LogP contribution in [0.25, 0.3) is 17.1 Å². The van der Waals surface area contributed by atoms with Gasteiger partial charge in [-0.05, 0) is 34.3 Å². The molecule has 2 heterocycles. The van der Waals surface area contributed by atoms with Gasteiger partial charge in [0.1, 0.15) is 5.69 Å². The molecule has 0 aliphatic carbocycles. The first-order valence-corrected chi connectivity index (χ1v) is 9.97. The molecule has 0 unspecified atom stereocenters. The van der Waals surface area contributed by atoms with Crippen molar-refractivity contribution in [2.45, 2.75) is 4.90 Å². The lowest BCUT2D eigenvalue weighted by molar-refractivity contribution is 0.0950. The number of anilines is 1. The number of aromatic nitrogens is 5. The fraction of sp³-hybridized carbons (Fsp3) is 0.0526. The van der Waals surface area contributed by atoms with Gasteiger partial charge in [-0.3, -0.25) is 4.79 Å². The van der Waals surface area contributed by atoms with E-state index in [1.54, 1.807) is 18.0 Å². The third-order valence-corrected chi connectivity index (χ3v) is 4.87. The molecule has 0 fully saturated rings. The number of carbonyl (C=O) groups excluding carboxylic acids is 1. The molecule has 0 radical (unpaired) electrons. The highest BCUT2D eigenvalue weighted by Crippen LogP contribution is 2.26. The maximum Gasteiger partial charge on any atom is 0.294 e. The van der Waals surface area contributed by atoms with Gasteiger partial charge in [0.2, 0.25) is 11.6 Å². The van der Waals surface area contributed by atoms with Crippen molar-refractivity contribution in [2.24, 2.45) is 5.10 Å². The minimum atomic E-state index is -0.535. The molecule has 3 N–H and O–H groups in total. The molecule has 0 aliphatic heterocycles. The molecule has 0 saturated heterocycles. The number of nitrogen functional groups attached to an aromatic ring is 1. The maximum absolute atomic E-state index is 12.8.